The second-order valence-electron chi connectivity index (χ2n) is 4.86. The minimum absolute atomic E-state index is 0.116. The quantitative estimate of drug-likeness (QED) is 0.874. The van der Waals surface area contributed by atoms with Crippen molar-refractivity contribution in [3.8, 4) is 0 Å². The number of carbonyl (C=O) groups is 1. The van der Waals surface area contributed by atoms with Crippen LogP contribution in [0.3, 0.4) is 0 Å². The molecule has 1 fully saturated rings. The van der Waals surface area contributed by atoms with Crippen molar-refractivity contribution < 1.29 is 9.53 Å². The van der Waals surface area contributed by atoms with Crippen molar-refractivity contribution in [2.24, 2.45) is 0 Å². The highest BCUT2D eigenvalue weighted by atomic mass is 16.5. The van der Waals surface area contributed by atoms with Crippen LogP contribution in [0, 0.1) is 0 Å². The summed E-state index contributed by atoms with van der Waals surface area (Å²) in [6.07, 6.45) is 3.04. The first-order chi connectivity index (χ1) is 9.74. The third-order valence-corrected chi connectivity index (χ3v) is 3.36. The highest BCUT2D eigenvalue weighted by Gasteiger charge is 2.24. The van der Waals surface area contributed by atoms with E-state index in [1.54, 1.807) is 9.58 Å². The molecule has 0 unspecified atom stereocenters. The maximum absolute atomic E-state index is 12.2. The highest BCUT2D eigenvalue weighted by Crippen LogP contribution is 2.10. The first-order valence-corrected chi connectivity index (χ1v) is 7.18. The summed E-state index contributed by atoms with van der Waals surface area (Å²) in [5.74, 6) is 0.406. The number of anilines is 1. The zero-order valence-electron chi connectivity index (χ0n) is 12.1. The molecule has 0 saturated carbocycles. The molecule has 0 aromatic carbocycles. The number of carbonyl (C=O) groups excluding carboxylic acids is 1. The number of unbranched alkanes of at least 4 members (excludes halogenated alkanes) is 1. The van der Waals surface area contributed by atoms with E-state index in [1.165, 1.54) is 0 Å². The number of urea groups is 1. The number of ether oxygens (including phenoxy) is 1. The molecule has 0 spiro atoms. The van der Waals surface area contributed by atoms with Gasteiger partial charge in [-0.1, -0.05) is 25.4 Å². The summed E-state index contributed by atoms with van der Waals surface area (Å²) in [6.45, 7) is 6.64. The van der Waals surface area contributed by atoms with Gasteiger partial charge in [-0.3, -0.25) is 5.32 Å². The smallest absolute Gasteiger partial charge is 0.324 e. The van der Waals surface area contributed by atoms with E-state index >= 15 is 0 Å². The first-order valence-electron chi connectivity index (χ1n) is 7.18. The number of aryl methyl sites for hydroxylation is 1. The fraction of sp³-hybridized carbons (Fsp3) is 0.833. The van der Waals surface area contributed by atoms with Gasteiger partial charge >= 0.3 is 6.03 Å². The number of tetrazole rings is 1. The van der Waals surface area contributed by atoms with Crippen molar-refractivity contribution in [2.45, 2.75) is 45.8 Å². The molecule has 1 aliphatic heterocycles. The zero-order chi connectivity index (χ0) is 14.4. The van der Waals surface area contributed by atoms with Crippen LogP contribution in [0.2, 0.25) is 0 Å². The monoisotopic (exact) mass is 282 g/mol. The van der Waals surface area contributed by atoms with Gasteiger partial charge in [0.15, 0.2) is 0 Å². The van der Waals surface area contributed by atoms with E-state index in [0.29, 0.717) is 32.2 Å². The van der Waals surface area contributed by atoms with E-state index in [-0.39, 0.29) is 12.1 Å². The lowest BCUT2D eigenvalue weighted by atomic mass is 10.2. The van der Waals surface area contributed by atoms with Crippen molar-refractivity contribution in [1.82, 2.24) is 25.1 Å². The summed E-state index contributed by atoms with van der Waals surface area (Å²) in [4.78, 5) is 13.9. The summed E-state index contributed by atoms with van der Waals surface area (Å²) in [5, 5.41) is 14.1. The molecule has 1 saturated heterocycles. The third-order valence-electron chi connectivity index (χ3n) is 3.36. The number of nitrogens with zero attached hydrogens (tertiary/aromatic N) is 5. The molecular weight excluding hydrogens is 260 g/mol. The van der Waals surface area contributed by atoms with Gasteiger partial charge in [0.1, 0.15) is 0 Å². The molecule has 1 N–H and O–H groups in total. The molecule has 0 bridgehead atoms. The maximum atomic E-state index is 12.2. The number of amides is 2. The van der Waals surface area contributed by atoms with E-state index in [1.807, 2.05) is 0 Å². The lowest BCUT2D eigenvalue weighted by Crippen LogP contribution is -2.47. The Labute approximate surface area is 118 Å². The van der Waals surface area contributed by atoms with E-state index in [9.17, 15) is 4.79 Å². The van der Waals surface area contributed by atoms with Crippen LogP contribution in [0.5, 0.6) is 0 Å². The van der Waals surface area contributed by atoms with Crippen molar-refractivity contribution in [2.75, 3.05) is 25.0 Å². The molecular formula is C12H22N6O2. The SMILES string of the molecule is CCCCn1nnnc1NC(=O)N1CCO[C@@H](CC)C1. The van der Waals surface area contributed by atoms with E-state index in [2.05, 4.69) is 34.7 Å². The van der Waals surface area contributed by atoms with Crippen LogP contribution >= 0.6 is 0 Å². The van der Waals surface area contributed by atoms with Crippen LogP contribution < -0.4 is 5.32 Å². The molecule has 1 aromatic rings. The van der Waals surface area contributed by atoms with Gasteiger partial charge < -0.3 is 9.64 Å². The van der Waals surface area contributed by atoms with Crippen LogP contribution in [-0.4, -0.2) is 56.9 Å². The number of aromatic nitrogens is 4. The predicted octanol–water partition coefficient (Wildman–Crippen LogP) is 1.12. The predicted molar refractivity (Wildman–Crippen MR) is 73.3 cm³/mol. The topological polar surface area (TPSA) is 85.2 Å². The molecule has 8 nitrogen and oxygen atoms in total. The molecule has 2 heterocycles. The summed E-state index contributed by atoms with van der Waals surface area (Å²) >= 11 is 0. The molecule has 1 atom stereocenters. The van der Waals surface area contributed by atoms with Crippen molar-refractivity contribution in [3.63, 3.8) is 0 Å². The zero-order valence-corrected chi connectivity index (χ0v) is 12.1. The van der Waals surface area contributed by atoms with Gasteiger partial charge in [-0.05, 0) is 23.3 Å². The lowest BCUT2D eigenvalue weighted by molar-refractivity contribution is -0.0135. The van der Waals surface area contributed by atoms with Crippen molar-refractivity contribution in [1.29, 1.82) is 0 Å². The largest absolute Gasteiger partial charge is 0.375 e. The van der Waals surface area contributed by atoms with Crippen LogP contribution in [-0.2, 0) is 11.3 Å². The Morgan fingerprint density at radius 3 is 3.10 bits per heavy atom. The minimum atomic E-state index is -0.167. The molecule has 0 radical (unpaired) electrons. The average molecular weight is 282 g/mol. The number of hydrogen-bond acceptors (Lipinski definition) is 5. The van der Waals surface area contributed by atoms with Gasteiger partial charge in [-0.15, -0.1) is 0 Å². The second-order valence-corrected chi connectivity index (χ2v) is 4.86. The Morgan fingerprint density at radius 1 is 1.50 bits per heavy atom. The van der Waals surface area contributed by atoms with Crippen molar-refractivity contribution in [3.05, 3.63) is 0 Å². The molecule has 1 aromatic heterocycles. The Morgan fingerprint density at radius 2 is 2.35 bits per heavy atom. The molecule has 20 heavy (non-hydrogen) atoms. The Hall–Kier alpha value is -1.70. The fourth-order valence-corrected chi connectivity index (χ4v) is 2.08. The molecule has 0 aliphatic carbocycles. The van der Waals surface area contributed by atoms with Crippen LogP contribution in [0.25, 0.3) is 0 Å². The van der Waals surface area contributed by atoms with Gasteiger partial charge in [0, 0.05) is 19.6 Å². The summed E-state index contributed by atoms with van der Waals surface area (Å²) in [5.41, 5.74) is 0. The maximum Gasteiger partial charge on any atom is 0.324 e. The van der Waals surface area contributed by atoms with Gasteiger partial charge in [0.2, 0.25) is 0 Å². The Kier molecular flexibility index (Phi) is 5.28. The average Bonchev–Trinajstić information content (AvgIpc) is 2.92. The minimum Gasteiger partial charge on any atom is -0.375 e. The summed E-state index contributed by atoms with van der Waals surface area (Å²) in [7, 11) is 0. The fourth-order valence-electron chi connectivity index (χ4n) is 2.08. The summed E-state index contributed by atoms with van der Waals surface area (Å²) < 4.78 is 7.18. The van der Waals surface area contributed by atoms with Gasteiger partial charge in [-0.2, -0.15) is 0 Å². The number of morpholine rings is 1. The molecule has 1 aliphatic rings. The highest BCUT2D eigenvalue weighted by molar-refractivity contribution is 5.87. The number of hydrogen-bond donors (Lipinski definition) is 1. The second kappa shape index (κ2) is 7.18. The Bertz CT molecular complexity index is 435. The normalized spacial score (nSPS) is 19.1. The first kappa shape index (κ1) is 14.7. The Balaban J connectivity index is 1.92. The molecule has 2 rings (SSSR count). The third kappa shape index (κ3) is 3.66. The lowest BCUT2D eigenvalue weighted by Gasteiger charge is -2.32. The van der Waals surface area contributed by atoms with Crippen LogP contribution in [0.15, 0.2) is 0 Å². The van der Waals surface area contributed by atoms with Gasteiger partial charge in [0.25, 0.3) is 5.95 Å². The van der Waals surface area contributed by atoms with Crippen molar-refractivity contribution >= 4 is 12.0 Å². The van der Waals surface area contributed by atoms with E-state index in [4.69, 9.17) is 4.74 Å². The number of rotatable bonds is 5. The standard InChI is InChI=1S/C12H22N6O2/c1-3-5-6-18-11(14-15-16-18)13-12(19)17-7-8-20-10(4-2)9-17/h10H,3-9H2,1-2H3,(H,13,14,16,19)/t10-/m0/s1. The van der Waals surface area contributed by atoms with Crippen LogP contribution in [0.1, 0.15) is 33.1 Å². The number of nitrogens with one attached hydrogen (secondary N) is 1. The molecule has 8 heteroatoms. The van der Waals surface area contributed by atoms with Crippen LogP contribution in [0.4, 0.5) is 10.7 Å². The van der Waals surface area contributed by atoms with Gasteiger partial charge in [-0.25, -0.2) is 9.48 Å². The van der Waals surface area contributed by atoms with E-state index < -0.39 is 0 Å². The van der Waals surface area contributed by atoms with Gasteiger partial charge in [0.05, 0.1) is 12.7 Å². The molecule has 112 valence electrons. The van der Waals surface area contributed by atoms with E-state index in [0.717, 1.165) is 19.3 Å². The molecule has 2 amide bonds. The summed E-state index contributed by atoms with van der Waals surface area (Å²) in [6, 6.07) is -0.167.